The summed E-state index contributed by atoms with van der Waals surface area (Å²) in [5.41, 5.74) is 0.569. The number of likely N-dealkylation sites (tertiary alicyclic amines) is 1. The number of nitrogens with zero attached hydrogens (tertiary/aromatic N) is 2. The molecule has 0 spiro atoms. The number of anilines is 1. The maximum atomic E-state index is 12.5. The van der Waals surface area contributed by atoms with E-state index in [-0.39, 0.29) is 35.4 Å². The number of ether oxygens (including phenoxy) is 1. The number of carbonyl (C=O) groups is 2. The molecule has 0 saturated carbocycles. The van der Waals surface area contributed by atoms with Gasteiger partial charge in [-0.15, -0.1) is 0 Å². The molecule has 0 unspecified atom stereocenters. The molecule has 0 aromatic heterocycles. The van der Waals surface area contributed by atoms with E-state index < -0.39 is 15.8 Å². The Morgan fingerprint density at radius 1 is 1.20 bits per heavy atom. The van der Waals surface area contributed by atoms with Crippen LogP contribution in [0.2, 0.25) is 0 Å². The van der Waals surface area contributed by atoms with Crippen molar-refractivity contribution in [1.29, 1.82) is 0 Å². The first-order chi connectivity index (χ1) is 11.9. The molecule has 2 aliphatic heterocycles. The number of carbonyl (C=O) groups excluding carboxylic acids is 2. The van der Waals surface area contributed by atoms with Crippen LogP contribution in [0.4, 0.5) is 5.69 Å². The fraction of sp³-hybridized carbons (Fsp3) is 0.529. The van der Waals surface area contributed by atoms with Gasteiger partial charge in [0.2, 0.25) is 5.91 Å². The SMILES string of the molecule is CCS(=O)(=O)c1ccc2c(c1)OC(=O)CN2CC(=O)N1CCCCC1. The van der Waals surface area contributed by atoms with E-state index in [4.69, 9.17) is 4.74 Å². The predicted molar refractivity (Wildman–Crippen MR) is 92.4 cm³/mol. The second-order valence-electron chi connectivity index (χ2n) is 6.30. The highest BCUT2D eigenvalue weighted by molar-refractivity contribution is 7.91. The number of sulfone groups is 1. The summed E-state index contributed by atoms with van der Waals surface area (Å²) in [6.07, 6.45) is 3.14. The topological polar surface area (TPSA) is 84.0 Å². The molecule has 1 aromatic rings. The number of piperidine rings is 1. The molecular formula is C17H22N2O5S. The summed E-state index contributed by atoms with van der Waals surface area (Å²) < 4.78 is 29.2. The lowest BCUT2D eigenvalue weighted by Gasteiger charge is -2.33. The van der Waals surface area contributed by atoms with Crippen LogP contribution < -0.4 is 9.64 Å². The lowest BCUT2D eigenvalue weighted by molar-refractivity contribution is -0.133. The quantitative estimate of drug-likeness (QED) is 0.588. The molecule has 0 N–H and O–H groups in total. The third-order valence-electron chi connectivity index (χ3n) is 4.59. The van der Waals surface area contributed by atoms with E-state index >= 15 is 0 Å². The Labute approximate surface area is 147 Å². The fourth-order valence-electron chi connectivity index (χ4n) is 3.14. The van der Waals surface area contributed by atoms with Gasteiger partial charge in [0.25, 0.3) is 0 Å². The Kier molecular flexibility index (Phi) is 4.99. The van der Waals surface area contributed by atoms with Crippen LogP contribution in [0, 0.1) is 0 Å². The van der Waals surface area contributed by atoms with Crippen molar-refractivity contribution in [2.45, 2.75) is 31.1 Å². The molecule has 1 fully saturated rings. The Bertz CT molecular complexity index is 784. The summed E-state index contributed by atoms with van der Waals surface area (Å²) in [7, 11) is -3.39. The number of rotatable bonds is 4. The van der Waals surface area contributed by atoms with Crippen molar-refractivity contribution < 1.29 is 22.7 Å². The van der Waals surface area contributed by atoms with Crippen molar-refractivity contribution in [3.05, 3.63) is 18.2 Å². The van der Waals surface area contributed by atoms with E-state index in [9.17, 15) is 18.0 Å². The van der Waals surface area contributed by atoms with Crippen molar-refractivity contribution in [3.8, 4) is 5.75 Å². The smallest absolute Gasteiger partial charge is 0.331 e. The van der Waals surface area contributed by atoms with Gasteiger partial charge in [-0.3, -0.25) is 4.79 Å². The van der Waals surface area contributed by atoms with Gasteiger partial charge in [0.15, 0.2) is 15.6 Å². The summed E-state index contributed by atoms with van der Waals surface area (Å²) in [5.74, 6) is -0.357. The molecule has 0 bridgehead atoms. The first-order valence-corrected chi connectivity index (χ1v) is 10.2. The van der Waals surface area contributed by atoms with Gasteiger partial charge in [0, 0.05) is 19.2 Å². The van der Waals surface area contributed by atoms with E-state index in [0.29, 0.717) is 5.69 Å². The maximum absolute atomic E-state index is 12.5. The van der Waals surface area contributed by atoms with E-state index in [1.165, 1.54) is 12.1 Å². The molecule has 2 aliphatic rings. The third kappa shape index (κ3) is 3.78. The summed E-state index contributed by atoms with van der Waals surface area (Å²) >= 11 is 0. The van der Waals surface area contributed by atoms with Crippen molar-refractivity contribution >= 4 is 27.4 Å². The molecule has 0 aliphatic carbocycles. The Morgan fingerprint density at radius 3 is 2.60 bits per heavy atom. The number of benzene rings is 1. The van der Waals surface area contributed by atoms with Gasteiger partial charge in [-0.1, -0.05) is 6.92 Å². The zero-order chi connectivity index (χ0) is 18.0. The van der Waals surface area contributed by atoms with Gasteiger partial charge in [0.05, 0.1) is 22.9 Å². The number of esters is 1. The van der Waals surface area contributed by atoms with E-state index in [0.717, 1.165) is 32.4 Å². The second kappa shape index (κ2) is 7.03. The van der Waals surface area contributed by atoms with Crippen LogP contribution in [0.25, 0.3) is 0 Å². The van der Waals surface area contributed by atoms with Crippen molar-refractivity contribution in [2.75, 3.05) is 36.8 Å². The van der Waals surface area contributed by atoms with Gasteiger partial charge >= 0.3 is 5.97 Å². The minimum atomic E-state index is -3.39. The molecule has 136 valence electrons. The molecule has 1 amide bonds. The van der Waals surface area contributed by atoms with E-state index in [1.807, 2.05) is 4.90 Å². The number of fused-ring (bicyclic) bond motifs is 1. The lowest BCUT2D eigenvalue weighted by atomic mass is 10.1. The number of amides is 1. The Balaban J connectivity index is 1.83. The number of hydrogen-bond donors (Lipinski definition) is 0. The molecule has 2 heterocycles. The average Bonchev–Trinajstić information content (AvgIpc) is 2.61. The molecular weight excluding hydrogens is 344 g/mol. The standard InChI is InChI=1S/C17H22N2O5S/c1-2-25(22,23)13-6-7-14-15(10-13)24-17(21)12-19(14)11-16(20)18-8-4-3-5-9-18/h6-7,10H,2-5,8-9,11-12H2,1H3. The minimum Gasteiger partial charge on any atom is -0.423 e. The monoisotopic (exact) mass is 366 g/mol. The van der Waals surface area contributed by atoms with Gasteiger partial charge < -0.3 is 14.5 Å². The third-order valence-corrected chi connectivity index (χ3v) is 6.32. The minimum absolute atomic E-state index is 0.0214. The van der Waals surface area contributed by atoms with Gasteiger partial charge in [-0.2, -0.15) is 0 Å². The normalized spacial score (nSPS) is 17.9. The van der Waals surface area contributed by atoms with Crippen LogP contribution in [0.5, 0.6) is 5.75 Å². The van der Waals surface area contributed by atoms with Gasteiger partial charge in [0.1, 0.15) is 6.54 Å². The van der Waals surface area contributed by atoms with Crippen LogP contribution in [-0.2, 0) is 19.4 Å². The molecule has 3 rings (SSSR count). The molecule has 8 heteroatoms. The lowest BCUT2D eigenvalue weighted by Crippen LogP contribution is -2.46. The molecule has 7 nitrogen and oxygen atoms in total. The summed E-state index contributed by atoms with van der Waals surface area (Å²) in [6.45, 7) is 3.12. The molecule has 0 radical (unpaired) electrons. The maximum Gasteiger partial charge on any atom is 0.331 e. The second-order valence-corrected chi connectivity index (χ2v) is 8.58. The van der Waals surface area contributed by atoms with Crippen LogP contribution in [0.3, 0.4) is 0 Å². The van der Waals surface area contributed by atoms with Crippen LogP contribution >= 0.6 is 0 Å². The average molecular weight is 366 g/mol. The Morgan fingerprint density at radius 2 is 1.92 bits per heavy atom. The highest BCUT2D eigenvalue weighted by Gasteiger charge is 2.29. The molecule has 25 heavy (non-hydrogen) atoms. The summed E-state index contributed by atoms with van der Waals surface area (Å²) in [5, 5.41) is 0. The van der Waals surface area contributed by atoms with E-state index in [2.05, 4.69) is 0 Å². The van der Waals surface area contributed by atoms with Gasteiger partial charge in [-0.05, 0) is 31.4 Å². The van der Waals surface area contributed by atoms with Crippen molar-refractivity contribution in [1.82, 2.24) is 4.90 Å². The molecule has 0 atom stereocenters. The first-order valence-electron chi connectivity index (χ1n) is 8.51. The summed E-state index contributed by atoms with van der Waals surface area (Å²) in [6, 6.07) is 4.46. The van der Waals surface area contributed by atoms with E-state index in [1.54, 1.807) is 17.9 Å². The largest absolute Gasteiger partial charge is 0.423 e. The van der Waals surface area contributed by atoms with Gasteiger partial charge in [-0.25, -0.2) is 13.2 Å². The zero-order valence-corrected chi connectivity index (χ0v) is 15.0. The van der Waals surface area contributed by atoms with Crippen molar-refractivity contribution in [2.24, 2.45) is 0 Å². The highest BCUT2D eigenvalue weighted by Crippen LogP contribution is 2.34. The summed E-state index contributed by atoms with van der Waals surface area (Å²) in [4.78, 5) is 28.0. The zero-order valence-electron chi connectivity index (χ0n) is 14.2. The highest BCUT2D eigenvalue weighted by atomic mass is 32.2. The Hall–Kier alpha value is -2.09. The molecule has 1 aromatic carbocycles. The fourth-order valence-corrected chi connectivity index (χ4v) is 4.04. The van der Waals surface area contributed by atoms with Crippen LogP contribution in [-0.4, -0.2) is 57.1 Å². The predicted octanol–water partition coefficient (Wildman–Crippen LogP) is 1.22. The number of hydrogen-bond acceptors (Lipinski definition) is 6. The molecule has 1 saturated heterocycles. The first kappa shape index (κ1) is 17.7. The van der Waals surface area contributed by atoms with Crippen molar-refractivity contribution in [3.63, 3.8) is 0 Å². The van der Waals surface area contributed by atoms with Crippen LogP contribution in [0.1, 0.15) is 26.2 Å². The van der Waals surface area contributed by atoms with Crippen LogP contribution in [0.15, 0.2) is 23.1 Å².